The molecule has 1 aliphatic heterocycles. The maximum atomic E-state index is 12.2. The Morgan fingerprint density at radius 2 is 2.00 bits per heavy atom. The third-order valence-electron chi connectivity index (χ3n) is 3.97. The van der Waals surface area contributed by atoms with Gasteiger partial charge in [0.15, 0.2) is 0 Å². The number of sulfonamides is 1. The van der Waals surface area contributed by atoms with Crippen LogP contribution < -0.4 is 15.4 Å². The fourth-order valence-electron chi connectivity index (χ4n) is 2.62. The molecule has 164 valence electrons. The van der Waals surface area contributed by atoms with Gasteiger partial charge in [-0.2, -0.15) is 0 Å². The number of benzene rings is 1. The molecule has 2 rings (SSSR count). The molecule has 12 heteroatoms. The van der Waals surface area contributed by atoms with Gasteiger partial charge in [0.2, 0.25) is 10.0 Å². The Morgan fingerprint density at radius 1 is 1.27 bits per heavy atom. The Kier molecular flexibility index (Phi) is 8.21. The monoisotopic (exact) mass is 459 g/mol. The zero-order valence-corrected chi connectivity index (χ0v) is 17.9. The predicted octanol–water partition coefficient (Wildman–Crippen LogP) is 1.07. The van der Waals surface area contributed by atoms with Crippen molar-refractivity contribution in [2.75, 3.05) is 19.8 Å². The van der Waals surface area contributed by atoms with E-state index in [1.165, 1.54) is 24.3 Å². The van der Waals surface area contributed by atoms with Gasteiger partial charge in [-0.05, 0) is 32.0 Å². The lowest BCUT2D eigenvalue weighted by atomic mass is 10.0. The summed E-state index contributed by atoms with van der Waals surface area (Å²) in [7, 11) is -3.83. The summed E-state index contributed by atoms with van der Waals surface area (Å²) in [6.45, 7) is 2.80. The van der Waals surface area contributed by atoms with Gasteiger partial charge >= 0.3 is 18.0 Å². The Labute approximate surface area is 179 Å². The van der Waals surface area contributed by atoms with Crippen molar-refractivity contribution in [3.8, 4) is 0 Å². The highest BCUT2D eigenvalue weighted by atomic mass is 35.5. The summed E-state index contributed by atoms with van der Waals surface area (Å²) in [5.74, 6) is -1.36. The minimum absolute atomic E-state index is 0.0287. The number of carbonyl (C=O) groups is 3. The molecule has 1 aliphatic rings. The first-order valence-corrected chi connectivity index (χ1v) is 10.9. The molecule has 1 aromatic rings. The van der Waals surface area contributed by atoms with Crippen LogP contribution in [0.25, 0.3) is 0 Å². The third kappa shape index (κ3) is 6.44. The van der Waals surface area contributed by atoms with Crippen LogP contribution >= 0.6 is 11.6 Å². The lowest BCUT2D eigenvalue weighted by molar-refractivity contribution is -0.143. The van der Waals surface area contributed by atoms with E-state index in [1.54, 1.807) is 13.8 Å². The first-order valence-electron chi connectivity index (χ1n) is 9.02. The van der Waals surface area contributed by atoms with Crippen molar-refractivity contribution >= 4 is 39.6 Å². The summed E-state index contributed by atoms with van der Waals surface area (Å²) in [5, 5.41) is 5.21. The number of rotatable bonds is 9. The van der Waals surface area contributed by atoms with Crippen LogP contribution in [0.3, 0.4) is 0 Å². The van der Waals surface area contributed by atoms with Crippen molar-refractivity contribution in [2.45, 2.75) is 31.2 Å². The van der Waals surface area contributed by atoms with Crippen molar-refractivity contribution in [2.24, 2.45) is 0 Å². The fourth-order valence-corrected chi connectivity index (χ4v) is 3.96. The molecule has 1 atom stereocenters. The topological polar surface area (TPSA) is 140 Å². The van der Waals surface area contributed by atoms with Gasteiger partial charge in [-0.1, -0.05) is 17.7 Å². The predicted molar refractivity (Wildman–Crippen MR) is 107 cm³/mol. The van der Waals surface area contributed by atoms with Crippen LogP contribution in [0.4, 0.5) is 4.79 Å². The summed E-state index contributed by atoms with van der Waals surface area (Å²) in [5.41, 5.74) is 0.253. The fraction of sp³-hybridized carbons (Fsp3) is 0.389. The number of hydrogen-bond acceptors (Lipinski definition) is 7. The zero-order chi connectivity index (χ0) is 22.3. The van der Waals surface area contributed by atoms with Crippen LogP contribution in [0.5, 0.6) is 0 Å². The molecule has 30 heavy (non-hydrogen) atoms. The lowest BCUT2D eigenvalue weighted by Gasteiger charge is -2.26. The third-order valence-corrected chi connectivity index (χ3v) is 5.66. The summed E-state index contributed by atoms with van der Waals surface area (Å²) < 4.78 is 36.7. The standard InChI is InChI=1S/C18H22ClN3O7S/c1-3-28-17(24)16-11(2)21-18(25)22-14(16)10-29-15(23)7-8-20-30(26,27)13-6-4-5-12(19)9-13/h4-6,9,11,20H,3,7-8,10H2,1-2H3,(H2,21,22,25). The molecule has 1 aromatic carbocycles. The molecule has 10 nitrogen and oxygen atoms in total. The lowest BCUT2D eigenvalue weighted by Crippen LogP contribution is -2.50. The van der Waals surface area contributed by atoms with Gasteiger partial charge in [0.1, 0.15) is 6.61 Å². The summed E-state index contributed by atoms with van der Waals surface area (Å²) in [6.07, 6.45) is -0.260. The maximum Gasteiger partial charge on any atom is 0.338 e. The second-order valence-electron chi connectivity index (χ2n) is 6.20. The van der Waals surface area contributed by atoms with Gasteiger partial charge < -0.3 is 20.1 Å². The summed E-state index contributed by atoms with van der Waals surface area (Å²) in [6, 6.07) is 4.52. The minimum atomic E-state index is -3.83. The molecular weight excluding hydrogens is 438 g/mol. The van der Waals surface area contributed by atoms with E-state index in [4.69, 9.17) is 21.1 Å². The SMILES string of the molecule is CCOC(=O)C1=C(COC(=O)CCNS(=O)(=O)c2cccc(Cl)c2)NC(=O)NC1C. The first kappa shape index (κ1) is 23.6. The molecule has 1 heterocycles. The highest BCUT2D eigenvalue weighted by molar-refractivity contribution is 7.89. The van der Waals surface area contributed by atoms with Crippen molar-refractivity contribution in [3.05, 3.63) is 40.6 Å². The number of amides is 2. The maximum absolute atomic E-state index is 12.2. The molecule has 3 N–H and O–H groups in total. The summed E-state index contributed by atoms with van der Waals surface area (Å²) >= 11 is 5.79. The van der Waals surface area contributed by atoms with Crippen LogP contribution in [0.2, 0.25) is 5.02 Å². The Bertz CT molecular complexity index is 962. The molecule has 0 aromatic heterocycles. The molecule has 0 bridgehead atoms. The average molecular weight is 460 g/mol. The van der Waals surface area contributed by atoms with Crippen molar-refractivity contribution < 1.29 is 32.3 Å². The number of esters is 2. The van der Waals surface area contributed by atoms with E-state index in [0.29, 0.717) is 0 Å². The first-order chi connectivity index (χ1) is 14.1. The Hall–Kier alpha value is -2.63. The van der Waals surface area contributed by atoms with Gasteiger partial charge in [-0.3, -0.25) is 4.79 Å². The van der Waals surface area contributed by atoms with Crippen LogP contribution in [-0.2, 0) is 29.1 Å². The molecule has 1 unspecified atom stereocenters. The zero-order valence-electron chi connectivity index (χ0n) is 16.4. The number of ether oxygens (including phenoxy) is 2. The number of carbonyl (C=O) groups excluding carboxylic acids is 3. The second-order valence-corrected chi connectivity index (χ2v) is 8.40. The second kappa shape index (κ2) is 10.4. The van der Waals surface area contributed by atoms with E-state index in [2.05, 4.69) is 15.4 Å². The highest BCUT2D eigenvalue weighted by Crippen LogP contribution is 2.16. The normalized spacial score (nSPS) is 16.5. The Morgan fingerprint density at radius 3 is 2.67 bits per heavy atom. The number of hydrogen-bond donors (Lipinski definition) is 3. The van der Waals surface area contributed by atoms with Crippen LogP contribution in [-0.4, -0.2) is 52.2 Å². The number of urea groups is 1. The molecule has 0 fully saturated rings. The van der Waals surface area contributed by atoms with Gasteiger partial charge in [0.25, 0.3) is 0 Å². The molecule has 2 amide bonds. The van der Waals surface area contributed by atoms with Gasteiger partial charge in [-0.25, -0.2) is 22.7 Å². The van der Waals surface area contributed by atoms with Crippen LogP contribution in [0, 0.1) is 0 Å². The molecule has 0 spiro atoms. The minimum Gasteiger partial charge on any atom is -0.463 e. The van der Waals surface area contributed by atoms with Crippen molar-refractivity contribution in [1.29, 1.82) is 0 Å². The van der Waals surface area contributed by atoms with Crippen LogP contribution in [0.15, 0.2) is 40.4 Å². The van der Waals surface area contributed by atoms with E-state index in [-0.39, 0.29) is 47.4 Å². The molecule has 0 saturated carbocycles. The van der Waals surface area contributed by atoms with Gasteiger partial charge in [0.05, 0.1) is 35.2 Å². The molecule has 0 saturated heterocycles. The van der Waals surface area contributed by atoms with Crippen molar-refractivity contribution in [3.63, 3.8) is 0 Å². The quantitative estimate of drug-likeness (QED) is 0.469. The Balaban J connectivity index is 1.93. The largest absolute Gasteiger partial charge is 0.463 e. The van der Waals surface area contributed by atoms with Crippen LogP contribution in [0.1, 0.15) is 20.3 Å². The average Bonchev–Trinajstić information content (AvgIpc) is 2.66. The summed E-state index contributed by atoms with van der Waals surface area (Å²) in [4.78, 5) is 35.7. The van der Waals surface area contributed by atoms with Gasteiger partial charge in [0, 0.05) is 11.6 Å². The molecular formula is C18H22ClN3O7S. The van der Waals surface area contributed by atoms with E-state index < -0.39 is 34.0 Å². The van der Waals surface area contributed by atoms with Gasteiger partial charge in [-0.15, -0.1) is 0 Å². The van der Waals surface area contributed by atoms with E-state index in [9.17, 15) is 22.8 Å². The van der Waals surface area contributed by atoms with E-state index in [1.807, 2.05) is 0 Å². The van der Waals surface area contributed by atoms with E-state index in [0.717, 1.165) is 0 Å². The highest BCUT2D eigenvalue weighted by Gasteiger charge is 2.30. The van der Waals surface area contributed by atoms with Crippen molar-refractivity contribution in [1.82, 2.24) is 15.4 Å². The van der Waals surface area contributed by atoms with E-state index >= 15 is 0 Å². The number of nitrogens with one attached hydrogen (secondary N) is 3. The molecule has 0 aliphatic carbocycles. The number of halogens is 1. The molecule has 0 radical (unpaired) electrons. The smallest absolute Gasteiger partial charge is 0.338 e.